The van der Waals surface area contributed by atoms with Gasteiger partial charge in [-0.3, -0.25) is 4.79 Å². The first-order valence-corrected chi connectivity index (χ1v) is 6.43. The molecule has 0 bridgehead atoms. The maximum absolute atomic E-state index is 12.1. The maximum Gasteiger partial charge on any atom is 0.405 e. The monoisotopic (exact) mass is 355 g/mol. The lowest BCUT2D eigenvalue weighted by molar-refractivity contribution is -0.123. The number of rotatable bonds is 5. The summed E-state index contributed by atoms with van der Waals surface area (Å²) in [6, 6.07) is 2.70. The van der Waals surface area contributed by atoms with Crippen molar-refractivity contribution < 1.29 is 27.4 Å². The molecule has 20 heavy (non-hydrogen) atoms. The van der Waals surface area contributed by atoms with Gasteiger partial charge in [0.1, 0.15) is 6.54 Å². The number of halogens is 4. The van der Waals surface area contributed by atoms with Gasteiger partial charge in [-0.05, 0) is 35.0 Å². The third-order valence-electron chi connectivity index (χ3n) is 2.23. The Morgan fingerprint density at radius 1 is 1.40 bits per heavy atom. The minimum atomic E-state index is -4.46. The van der Waals surface area contributed by atoms with Crippen LogP contribution in [0.5, 0.6) is 11.5 Å². The van der Waals surface area contributed by atoms with E-state index in [1.165, 1.54) is 19.2 Å². The van der Waals surface area contributed by atoms with Crippen LogP contribution in [0.3, 0.4) is 0 Å². The number of hydrogen-bond donors (Lipinski definition) is 1. The van der Waals surface area contributed by atoms with Gasteiger partial charge in [0.05, 0.1) is 18.2 Å². The third kappa shape index (κ3) is 4.59. The molecule has 1 aromatic carbocycles. The molecule has 0 spiro atoms. The molecular weight excluding hydrogens is 343 g/mol. The van der Waals surface area contributed by atoms with Crippen molar-refractivity contribution in [3.8, 4) is 11.5 Å². The number of hydrogen-bond acceptors (Lipinski definition) is 3. The zero-order valence-electron chi connectivity index (χ0n) is 10.8. The van der Waals surface area contributed by atoms with Gasteiger partial charge in [-0.15, -0.1) is 0 Å². The highest BCUT2D eigenvalue weighted by Gasteiger charge is 2.28. The highest BCUT2D eigenvalue weighted by Crippen LogP contribution is 2.36. The number of methoxy groups -OCH3 is 1. The zero-order chi connectivity index (χ0) is 15.3. The molecule has 1 N–H and O–H groups in total. The number of nitrogens with one attached hydrogen (secondary N) is 1. The Hall–Kier alpha value is -1.44. The average Bonchev–Trinajstić information content (AvgIpc) is 2.37. The molecule has 4 nitrogen and oxygen atoms in total. The Balaban J connectivity index is 2.96. The van der Waals surface area contributed by atoms with Crippen LogP contribution in [-0.4, -0.2) is 32.3 Å². The second-order valence-electron chi connectivity index (χ2n) is 3.72. The highest BCUT2D eigenvalue weighted by atomic mass is 79.9. The molecule has 0 unspecified atom stereocenters. The molecule has 0 aliphatic heterocycles. The fourth-order valence-corrected chi connectivity index (χ4v) is 1.97. The van der Waals surface area contributed by atoms with Crippen LogP contribution in [0.1, 0.15) is 17.3 Å². The molecule has 0 aliphatic rings. The van der Waals surface area contributed by atoms with Crippen LogP contribution in [-0.2, 0) is 0 Å². The summed E-state index contributed by atoms with van der Waals surface area (Å²) >= 11 is 3.19. The van der Waals surface area contributed by atoms with E-state index in [9.17, 15) is 18.0 Å². The summed E-state index contributed by atoms with van der Waals surface area (Å²) in [4.78, 5) is 11.7. The van der Waals surface area contributed by atoms with Crippen molar-refractivity contribution >= 4 is 21.8 Å². The molecule has 0 radical (unpaired) electrons. The Morgan fingerprint density at radius 3 is 2.55 bits per heavy atom. The summed E-state index contributed by atoms with van der Waals surface area (Å²) in [5.41, 5.74) is 0.0430. The maximum atomic E-state index is 12.1. The molecule has 112 valence electrons. The predicted octanol–water partition coefficient (Wildman–Crippen LogP) is 3.15. The number of carbonyl (C=O) groups is 1. The van der Waals surface area contributed by atoms with Gasteiger partial charge in [-0.2, -0.15) is 13.2 Å². The summed E-state index contributed by atoms with van der Waals surface area (Å²) in [6.45, 7) is 0.767. The number of alkyl halides is 3. The predicted molar refractivity (Wildman–Crippen MR) is 70.3 cm³/mol. The van der Waals surface area contributed by atoms with Crippen molar-refractivity contribution in [3.63, 3.8) is 0 Å². The van der Waals surface area contributed by atoms with Gasteiger partial charge in [-0.1, -0.05) is 0 Å². The Labute approximate surface area is 122 Å². The van der Waals surface area contributed by atoms with Gasteiger partial charge >= 0.3 is 6.18 Å². The Morgan fingerprint density at radius 2 is 2.05 bits per heavy atom. The van der Waals surface area contributed by atoms with Crippen LogP contribution >= 0.6 is 15.9 Å². The van der Waals surface area contributed by atoms with Gasteiger partial charge in [-0.25, -0.2) is 0 Å². The minimum absolute atomic E-state index is 0.0430. The van der Waals surface area contributed by atoms with Crippen LogP contribution in [0.25, 0.3) is 0 Å². The molecule has 8 heteroatoms. The van der Waals surface area contributed by atoms with Crippen LogP contribution in [0.4, 0.5) is 13.2 Å². The first-order valence-electron chi connectivity index (χ1n) is 5.63. The lowest BCUT2D eigenvalue weighted by Crippen LogP contribution is -2.33. The van der Waals surface area contributed by atoms with Crippen molar-refractivity contribution in [1.82, 2.24) is 5.32 Å². The fourth-order valence-electron chi connectivity index (χ4n) is 1.42. The molecule has 0 atom stereocenters. The molecule has 0 saturated heterocycles. The van der Waals surface area contributed by atoms with E-state index in [1.807, 2.05) is 0 Å². The standard InChI is InChI=1S/C12H13BrF3NO3/c1-3-20-10-8(13)4-7(5-9(10)19-2)11(18)17-6-12(14,15)16/h4-5H,3,6H2,1-2H3,(H,17,18). The zero-order valence-corrected chi connectivity index (χ0v) is 12.4. The van der Waals surface area contributed by atoms with Crippen LogP contribution < -0.4 is 14.8 Å². The minimum Gasteiger partial charge on any atom is -0.493 e. The quantitative estimate of drug-likeness (QED) is 0.882. The van der Waals surface area contributed by atoms with Crippen LogP contribution in [0.15, 0.2) is 16.6 Å². The van der Waals surface area contributed by atoms with Gasteiger partial charge in [0.25, 0.3) is 5.91 Å². The Kier molecular flexibility index (Phi) is 5.67. The number of amides is 1. The second kappa shape index (κ2) is 6.83. The van der Waals surface area contributed by atoms with E-state index in [1.54, 1.807) is 12.2 Å². The molecule has 0 saturated carbocycles. The first kappa shape index (κ1) is 16.6. The van der Waals surface area contributed by atoms with Crippen LogP contribution in [0, 0.1) is 0 Å². The molecule has 0 aromatic heterocycles. The number of benzene rings is 1. The van der Waals surface area contributed by atoms with Crippen molar-refractivity contribution in [2.24, 2.45) is 0 Å². The molecule has 1 amide bonds. The summed E-state index contributed by atoms with van der Waals surface area (Å²) in [5, 5.41) is 1.79. The number of ether oxygens (including phenoxy) is 2. The lowest BCUT2D eigenvalue weighted by atomic mass is 10.2. The average molecular weight is 356 g/mol. The van der Waals surface area contributed by atoms with Gasteiger partial charge in [0.15, 0.2) is 11.5 Å². The second-order valence-corrected chi connectivity index (χ2v) is 4.57. The summed E-state index contributed by atoms with van der Waals surface area (Å²) in [6.07, 6.45) is -4.46. The van der Waals surface area contributed by atoms with Crippen molar-refractivity contribution in [2.75, 3.05) is 20.3 Å². The van der Waals surface area contributed by atoms with Crippen LogP contribution in [0.2, 0.25) is 0 Å². The van der Waals surface area contributed by atoms with Gasteiger partial charge < -0.3 is 14.8 Å². The lowest BCUT2D eigenvalue weighted by Gasteiger charge is -2.14. The van der Waals surface area contributed by atoms with E-state index in [0.717, 1.165) is 0 Å². The van der Waals surface area contributed by atoms with Crippen molar-refractivity contribution in [3.05, 3.63) is 22.2 Å². The summed E-state index contributed by atoms with van der Waals surface area (Å²) in [7, 11) is 1.38. The summed E-state index contributed by atoms with van der Waals surface area (Å²) in [5.74, 6) is -0.190. The summed E-state index contributed by atoms with van der Waals surface area (Å²) < 4.78 is 47.0. The molecule has 1 aromatic rings. The van der Waals surface area contributed by atoms with E-state index < -0.39 is 18.6 Å². The molecule has 0 fully saturated rings. The van der Waals surface area contributed by atoms with E-state index in [4.69, 9.17) is 9.47 Å². The number of carbonyl (C=O) groups excluding carboxylic acids is 1. The third-order valence-corrected chi connectivity index (χ3v) is 2.82. The SMILES string of the molecule is CCOc1c(Br)cc(C(=O)NCC(F)(F)F)cc1OC. The van der Waals surface area contributed by atoms with Gasteiger partial charge in [0.2, 0.25) is 0 Å². The fraction of sp³-hybridized carbons (Fsp3) is 0.417. The van der Waals surface area contributed by atoms with Gasteiger partial charge in [0, 0.05) is 5.56 Å². The molecule has 0 heterocycles. The normalized spacial score (nSPS) is 11.1. The smallest absolute Gasteiger partial charge is 0.405 e. The molecule has 1 rings (SSSR count). The first-order chi connectivity index (χ1) is 9.28. The van der Waals surface area contributed by atoms with Crippen molar-refractivity contribution in [1.29, 1.82) is 0 Å². The van der Waals surface area contributed by atoms with E-state index in [0.29, 0.717) is 16.8 Å². The Bertz CT molecular complexity index is 492. The molecule has 0 aliphatic carbocycles. The van der Waals surface area contributed by atoms with E-state index in [2.05, 4.69) is 15.9 Å². The van der Waals surface area contributed by atoms with E-state index >= 15 is 0 Å². The topological polar surface area (TPSA) is 47.6 Å². The highest BCUT2D eigenvalue weighted by molar-refractivity contribution is 9.10. The largest absolute Gasteiger partial charge is 0.493 e. The van der Waals surface area contributed by atoms with E-state index in [-0.39, 0.29) is 11.3 Å². The van der Waals surface area contributed by atoms with Crippen molar-refractivity contribution in [2.45, 2.75) is 13.1 Å². The molecular formula is C12H13BrF3NO3.